The normalized spacial score (nSPS) is 11.7. The topological polar surface area (TPSA) is 35.6 Å². The van der Waals surface area contributed by atoms with Gasteiger partial charge in [0, 0.05) is 39.8 Å². The molecule has 0 aliphatic carbocycles. The van der Waals surface area contributed by atoms with Crippen molar-refractivity contribution in [2.45, 2.75) is 0 Å². The van der Waals surface area contributed by atoms with E-state index in [2.05, 4.69) is 118 Å². The van der Waals surface area contributed by atoms with Gasteiger partial charge in [-0.2, -0.15) is 0 Å². The lowest BCUT2D eigenvalue weighted by atomic mass is 10.1. The van der Waals surface area contributed by atoms with E-state index in [-0.39, 0.29) is 0 Å². The fourth-order valence-electron chi connectivity index (χ4n) is 5.81. The highest BCUT2D eigenvalue weighted by Crippen LogP contribution is 2.41. The van der Waals surface area contributed by atoms with Gasteiger partial charge in [-0.25, -0.2) is 4.98 Å². The monoisotopic (exact) mass is 486 g/mol. The lowest BCUT2D eigenvalue weighted by molar-refractivity contribution is 1.08. The maximum absolute atomic E-state index is 5.08. The number of benzene rings is 4. The van der Waals surface area contributed by atoms with Gasteiger partial charge in [0.05, 0.1) is 27.6 Å². The Morgan fingerprint density at radius 2 is 1.13 bits per heavy atom. The van der Waals surface area contributed by atoms with Crippen LogP contribution in [0.25, 0.3) is 66.4 Å². The quantitative estimate of drug-likeness (QED) is 0.252. The minimum atomic E-state index is 0.893. The van der Waals surface area contributed by atoms with Gasteiger partial charge in [0.1, 0.15) is 5.82 Å². The van der Waals surface area contributed by atoms with Crippen LogP contribution in [0, 0.1) is 0 Å². The Labute approximate surface area is 219 Å². The van der Waals surface area contributed by atoms with Crippen molar-refractivity contribution in [3.63, 3.8) is 0 Å². The van der Waals surface area contributed by atoms with Gasteiger partial charge in [-0.05, 0) is 42.0 Å². The molecule has 4 aromatic carbocycles. The van der Waals surface area contributed by atoms with Crippen LogP contribution in [-0.4, -0.2) is 19.1 Å². The van der Waals surface area contributed by atoms with Gasteiger partial charge in [-0.1, -0.05) is 84.9 Å². The third kappa shape index (κ3) is 2.91. The summed E-state index contributed by atoms with van der Waals surface area (Å²) in [5.74, 6) is 0.893. The highest BCUT2D eigenvalue weighted by atomic mass is 15.1. The third-order valence-corrected chi connectivity index (χ3v) is 7.41. The van der Waals surface area contributed by atoms with Crippen molar-refractivity contribution in [1.29, 1.82) is 0 Å². The maximum atomic E-state index is 5.08. The number of aromatic nitrogens is 4. The fourth-order valence-corrected chi connectivity index (χ4v) is 5.81. The molecular weight excluding hydrogens is 464 g/mol. The molecule has 4 heteroatoms. The molecule has 0 atom stereocenters. The van der Waals surface area contributed by atoms with Gasteiger partial charge in [-0.3, -0.25) is 9.55 Å². The van der Waals surface area contributed by atoms with Crippen LogP contribution >= 0.6 is 0 Å². The van der Waals surface area contributed by atoms with E-state index in [1.807, 2.05) is 24.5 Å². The molecule has 0 saturated heterocycles. The fraction of sp³-hybridized carbons (Fsp3) is 0. The van der Waals surface area contributed by atoms with Crippen LogP contribution in [0.1, 0.15) is 0 Å². The molecule has 0 N–H and O–H groups in total. The largest absolute Gasteiger partial charge is 0.307 e. The first-order valence-corrected chi connectivity index (χ1v) is 12.8. The number of hydrogen-bond donors (Lipinski definition) is 0. The average Bonchev–Trinajstić information content (AvgIpc) is 3.51. The first kappa shape index (κ1) is 20.9. The summed E-state index contributed by atoms with van der Waals surface area (Å²) in [5, 5.41) is 3.42. The molecule has 0 bridgehead atoms. The second-order valence-electron chi connectivity index (χ2n) is 9.50. The minimum Gasteiger partial charge on any atom is -0.307 e. The highest BCUT2D eigenvalue weighted by Gasteiger charge is 2.23. The van der Waals surface area contributed by atoms with Gasteiger partial charge in [0.2, 0.25) is 0 Å². The number of para-hydroxylation sites is 3. The molecule has 8 rings (SSSR count). The molecule has 4 nitrogen and oxygen atoms in total. The van der Waals surface area contributed by atoms with Crippen molar-refractivity contribution in [3.8, 4) is 22.6 Å². The number of hydrogen-bond acceptors (Lipinski definition) is 2. The Bertz CT molecular complexity index is 2120. The zero-order valence-corrected chi connectivity index (χ0v) is 20.5. The van der Waals surface area contributed by atoms with E-state index in [4.69, 9.17) is 9.97 Å². The SMILES string of the molecule is c1ccc(-c2cccnc2-n2c3ccccc3c3ncc4c5ccccc5n(-c5ccccc5)c4c32)cc1. The second-order valence-corrected chi connectivity index (χ2v) is 9.50. The molecule has 38 heavy (non-hydrogen) atoms. The van der Waals surface area contributed by atoms with E-state index in [0.717, 1.165) is 61.0 Å². The molecule has 8 aromatic rings. The van der Waals surface area contributed by atoms with Crippen LogP contribution in [0.2, 0.25) is 0 Å². The molecule has 0 aliphatic heterocycles. The summed E-state index contributed by atoms with van der Waals surface area (Å²) in [5.41, 5.74) is 8.72. The molecule has 0 unspecified atom stereocenters. The summed E-state index contributed by atoms with van der Waals surface area (Å²) in [6.07, 6.45) is 3.91. The Morgan fingerprint density at radius 1 is 0.474 bits per heavy atom. The van der Waals surface area contributed by atoms with E-state index in [0.29, 0.717) is 0 Å². The molecule has 0 spiro atoms. The predicted octanol–water partition coefficient (Wildman–Crippen LogP) is 8.34. The summed E-state index contributed by atoms with van der Waals surface area (Å²) in [6.45, 7) is 0. The van der Waals surface area contributed by atoms with E-state index >= 15 is 0 Å². The summed E-state index contributed by atoms with van der Waals surface area (Å²) in [4.78, 5) is 10.1. The highest BCUT2D eigenvalue weighted by molar-refractivity contribution is 6.22. The standard InChI is InChI=1S/C34H22N4/c1-3-12-23(13-4-1)25-18-11-21-35-34(25)38-30-20-10-8-17-27(30)31-33(38)32-28(22-36-31)26-16-7-9-19-29(26)37(32)24-14-5-2-6-15-24/h1-22H. The second kappa shape index (κ2) is 8.15. The lowest BCUT2D eigenvalue weighted by Crippen LogP contribution is -2.02. The average molecular weight is 487 g/mol. The number of rotatable bonds is 3. The third-order valence-electron chi connectivity index (χ3n) is 7.41. The zero-order valence-electron chi connectivity index (χ0n) is 20.5. The zero-order chi connectivity index (χ0) is 25.1. The van der Waals surface area contributed by atoms with Crippen molar-refractivity contribution in [1.82, 2.24) is 19.1 Å². The molecule has 0 aliphatic rings. The first-order valence-electron chi connectivity index (χ1n) is 12.8. The Morgan fingerprint density at radius 3 is 1.92 bits per heavy atom. The van der Waals surface area contributed by atoms with Crippen molar-refractivity contribution in [3.05, 3.63) is 134 Å². The molecule has 0 amide bonds. The van der Waals surface area contributed by atoms with Gasteiger partial charge in [0.25, 0.3) is 0 Å². The van der Waals surface area contributed by atoms with Crippen LogP contribution < -0.4 is 0 Å². The smallest absolute Gasteiger partial charge is 0.145 e. The van der Waals surface area contributed by atoms with Gasteiger partial charge < -0.3 is 4.57 Å². The summed E-state index contributed by atoms with van der Waals surface area (Å²) < 4.78 is 4.68. The van der Waals surface area contributed by atoms with Crippen molar-refractivity contribution < 1.29 is 0 Å². The van der Waals surface area contributed by atoms with E-state index in [9.17, 15) is 0 Å². The minimum absolute atomic E-state index is 0.893. The molecule has 0 radical (unpaired) electrons. The maximum Gasteiger partial charge on any atom is 0.145 e. The van der Waals surface area contributed by atoms with Gasteiger partial charge in [-0.15, -0.1) is 0 Å². The van der Waals surface area contributed by atoms with E-state index in [1.165, 1.54) is 5.39 Å². The van der Waals surface area contributed by atoms with Crippen LogP contribution in [-0.2, 0) is 0 Å². The first-order chi connectivity index (χ1) is 18.9. The Hall–Kier alpha value is -5.22. The molecule has 0 saturated carbocycles. The molecule has 0 fully saturated rings. The van der Waals surface area contributed by atoms with Gasteiger partial charge >= 0.3 is 0 Å². The van der Waals surface area contributed by atoms with Crippen molar-refractivity contribution in [2.24, 2.45) is 0 Å². The van der Waals surface area contributed by atoms with E-state index in [1.54, 1.807) is 0 Å². The molecular formula is C34H22N4. The van der Waals surface area contributed by atoms with Crippen molar-refractivity contribution in [2.75, 3.05) is 0 Å². The van der Waals surface area contributed by atoms with Gasteiger partial charge in [0.15, 0.2) is 0 Å². The van der Waals surface area contributed by atoms with Crippen molar-refractivity contribution >= 4 is 43.7 Å². The lowest BCUT2D eigenvalue weighted by Gasteiger charge is -2.14. The Kier molecular flexibility index (Phi) is 4.49. The molecule has 178 valence electrons. The van der Waals surface area contributed by atoms with Crippen LogP contribution in [0.15, 0.2) is 134 Å². The van der Waals surface area contributed by atoms with Crippen LogP contribution in [0.4, 0.5) is 0 Å². The molecule has 4 heterocycles. The summed E-state index contributed by atoms with van der Waals surface area (Å²) in [7, 11) is 0. The van der Waals surface area contributed by atoms with Crippen LogP contribution in [0.3, 0.4) is 0 Å². The summed E-state index contributed by atoms with van der Waals surface area (Å²) >= 11 is 0. The van der Waals surface area contributed by atoms with E-state index < -0.39 is 0 Å². The number of fused-ring (bicyclic) bond motifs is 7. The summed E-state index contributed by atoms with van der Waals surface area (Å²) in [6, 6.07) is 42.3. The predicted molar refractivity (Wildman–Crippen MR) is 156 cm³/mol. The molecule has 4 aromatic heterocycles. The Balaban J connectivity index is 1.63. The van der Waals surface area contributed by atoms with Crippen LogP contribution in [0.5, 0.6) is 0 Å². The number of pyridine rings is 2. The number of nitrogens with zero attached hydrogens (tertiary/aromatic N) is 4.